The molecule has 1 aromatic carbocycles. The Hall–Kier alpha value is -0.870. The third kappa shape index (κ3) is 3.12. The van der Waals surface area contributed by atoms with Crippen molar-refractivity contribution >= 4 is 11.8 Å². The molecule has 1 N–H and O–H groups in total. The van der Waals surface area contributed by atoms with Crippen LogP contribution in [0.25, 0.3) is 0 Å². The number of aliphatic hydroxyl groups excluding tert-OH is 1. The Kier molecular flexibility index (Phi) is 4.78. The average Bonchev–Trinajstić information content (AvgIpc) is 2.39. The van der Waals surface area contributed by atoms with E-state index in [0.29, 0.717) is 6.42 Å². The molecule has 18 heavy (non-hydrogen) atoms. The highest BCUT2D eigenvalue weighted by Gasteiger charge is 2.26. The van der Waals surface area contributed by atoms with Gasteiger partial charge in [-0.1, -0.05) is 0 Å². The number of thioether (sulfide) groups is 1. The van der Waals surface area contributed by atoms with Crippen LogP contribution in [0.3, 0.4) is 0 Å². The van der Waals surface area contributed by atoms with Crippen LogP contribution in [0.4, 0.5) is 0 Å². The fraction of sp³-hybridized carbons (Fsp3) is 0.571. The molecule has 1 unspecified atom stereocenters. The van der Waals surface area contributed by atoms with Crippen molar-refractivity contribution in [3.63, 3.8) is 0 Å². The maximum atomic E-state index is 10.2. The second-order valence-corrected chi connectivity index (χ2v) is 5.52. The summed E-state index contributed by atoms with van der Waals surface area (Å²) in [5.74, 6) is 2.70. The lowest BCUT2D eigenvalue weighted by atomic mass is 9.97. The van der Waals surface area contributed by atoms with E-state index in [1.165, 1.54) is 0 Å². The van der Waals surface area contributed by atoms with E-state index in [4.69, 9.17) is 9.47 Å². The molecular formula is C14H20O3S. The van der Waals surface area contributed by atoms with E-state index < -0.39 is 6.10 Å². The third-order valence-electron chi connectivity index (χ3n) is 3.23. The lowest BCUT2D eigenvalue weighted by molar-refractivity contribution is 0.0614. The van der Waals surface area contributed by atoms with Gasteiger partial charge in [-0.25, -0.2) is 0 Å². The fourth-order valence-corrected chi connectivity index (χ4v) is 2.71. The van der Waals surface area contributed by atoms with E-state index in [9.17, 15) is 5.11 Å². The van der Waals surface area contributed by atoms with E-state index in [0.717, 1.165) is 35.7 Å². The second kappa shape index (κ2) is 6.34. The normalized spacial score (nSPS) is 22.2. The Balaban J connectivity index is 2.04. The molecule has 0 aliphatic carbocycles. The van der Waals surface area contributed by atoms with Crippen molar-refractivity contribution in [3.05, 3.63) is 23.8 Å². The molecule has 1 aromatic rings. The second-order valence-electron chi connectivity index (χ2n) is 4.53. The zero-order chi connectivity index (χ0) is 13.0. The van der Waals surface area contributed by atoms with Gasteiger partial charge in [0.1, 0.15) is 17.6 Å². The molecule has 1 heterocycles. The number of aliphatic hydroxyl groups is 1. The van der Waals surface area contributed by atoms with Gasteiger partial charge in [0.05, 0.1) is 13.2 Å². The van der Waals surface area contributed by atoms with Gasteiger partial charge >= 0.3 is 0 Å². The number of methoxy groups -OCH3 is 1. The molecule has 0 fully saturated rings. The van der Waals surface area contributed by atoms with Crippen molar-refractivity contribution in [2.75, 3.05) is 19.1 Å². The minimum atomic E-state index is -0.442. The number of hydrogen-bond acceptors (Lipinski definition) is 4. The number of hydrogen-bond donors (Lipinski definition) is 1. The molecule has 0 aromatic heterocycles. The van der Waals surface area contributed by atoms with Crippen LogP contribution in [0.5, 0.6) is 11.5 Å². The fourth-order valence-electron chi connectivity index (χ4n) is 2.26. The van der Waals surface area contributed by atoms with Gasteiger partial charge < -0.3 is 14.6 Å². The summed E-state index contributed by atoms with van der Waals surface area (Å²) < 4.78 is 11.1. The first-order chi connectivity index (χ1) is 8.74. The molecule has 1 aliphatic rings. The molecule has 4 heteroatoms. The maximum Gasteiger partial charge on any atom is 0.125 e. The summed E-state index contributed by atoms with van der Waals surface area (Å²) in [4.78, 5) is 0. The summed E-state index contributed by atoms with van der Waals surface area (Å²) in [6, 6.07) is 5.62. The third-order valence-corrected chi connectivity index (χ3v) is 3.93. The van der Waals surface area contributed by atoms with Gasteiger partial charge in [-0.3, -0.25) is 0 Å². The van der Waals surface area contributed by atoms with Gasteiger partial charge in [-0.15, -0.1) is 0 Å². The molecule has 0 saturated carbocycles. The predicted octanol–water partition coefficient (Wildman–Crippen LogP) is 3.02. The smallest absolute Gasteiger partial charge is 0.125 e. The highest BCUT2D eigenvalue weighted by Crippen LogP contribution is 2.38. The summed E-state index contributed by atoms with van der Waals surface area (Å²) >= 11 is 1.85. The van der Waals surface area contributed by atoms with Crippen molar-refractivity contribution in [2.45, 2.75) is 31.5 Å². The molecule has 1 aliphatic heterocycles. The first-order valence-corrected chi connectivity index (χ1v) is 7.65. The van der Waals surface area contributed by atoms with Crippen molar-refractivity contribution in [1.29, 1.82) is 0 Å². The largest absolute Gasteiger partial charge is 0.497 e. The Morgan fingerprint density at radius 1 is 1.50 bits per heavy atom. The predicted molar refractivity (Wildman–Crippen MR) is 74.6 cm³/mol. The topological polar surface area (TPSA) is 38.7 Å². The number of benzene rings is 1. The highest BCUT2D eigenvalue weighted by atomic mass is 32.2. The van der Waals surface area contributed by atoms with Gasteiger partial charge in [0, 0.05) is 12.0 Å². The molecule has 0 radical (unpaired) electrons. The Morgan fingerprint density at radius 3 is 3.06 bits per heavy atom. The van der Waals surface area contributed by atoms with Crippen LogP contribution in [0, 0.1) is 0 Å². The lowest BCUT2D eigenvalue weighted by Gasteiger charge is -2.30. The van der Waals surface area contributed by atoms with Gasteiger partial charge in [-0.2, -0.15) is 11.8 Å². The molecule has 0 bridgehead atoms. The van der Waals surface area contributed by atoms with Crippen LogP contribution in [-0.2, 0) is 0 Å². The van der Waals surface area contributed by atoms with Crippen LogP contribution < -0.4 is 9.47 Å². The highest BCUT2D eigenvalue weighted by molar-refractivity contribution is 7.98. The Bertz CT molecular complexity index is 395. The molecular weight excluding hydrogens is 248 g/mol. The number of fused-ring (bicyclic) bond motifs is 1. The Morgan fingerprint density at radius 2 is 2.33 bits per heavy atom. The summed E-state index contributed by atoms with van der Waals surface area (Å²) in [7, 11) is 1.63. The minimum absolute atomic E-state index is 0.132. The molecule has 2 atom stereocenters. The van der Waals surface area contributed by atoms with Gasteiger partial charge in [0.15, 0.2) is 0 Å². The minimum Gasteiger partial charge on any atom is -0.497 e. The van der Waals surface area contributed by atoms with Crippen LogP contribution in [0.2, 0.25) is 0 Å². The van der Waals surface area contributed by atoms with Crippen molar-refractivity contribution in [3.8, 4) is 11.5 Å². The zero-order valence-corrected chi connectivity index (χ0v) is 11.7. The molecule has 0 amide bonds. The maximum absolute atomic E-state index is 10.2. The van der Waals surface area contributed by atoms with Crippen molar-refractivity contribution < 1.29 is 14.6 Å². The summed E-state index contributed by atoms with van der Waals surface area (Å²) in [5.41, 5.74) is 0.843. The molecule has 0 spiro atoms. The molecule has 100 valence electrons. The van der Waals surface area contributed by atoms with Gasteiger partial charge in [0.2, 0.25) is 0 Å². The van der Waals surface area contributed by atoms with E-state index >= 15 is 0 Å². The molecule has 2 rings (SSSR count). The number of ether oxygens (including phenoxy) is 2. The van der Waals surface area contributed by atoms with Gasteiger partial charge in [-0.05, 0) is 43.0 Å². The van der Waals surface area contributed by atoms with Crippen LogP contribution in [0.15, 0.2) is 18.2 Å². The first-order valence-electron chi connectivity index (χ1n) is 6.26. The standard InChI is InChI=1S/C14H20O3S/c1-16-10-5-6-14-12(8-10)13(15)9-11(17-14)4-3-7-18-2/h5-6,8,11,13,15H,3-4,7,9H2,1-2H3/t11?,13-/m0/s1. The van der Waals surface area contributed by atoms with Crippen LogP contribution >= 0.6 is 11.8 Å². The summed E-state index contributed by atoms with van der Waals surface area (Å²) in [5, 5.41) is 10.2. The quantitative estimate of drug-likeness (QED) is 0.833. The summed E-state index contributed by atoms with van der Waals surface area (Å²) in [6.45, 7) is 0. The van der Waals surface area contributed by atoms with Crippen LogP contribution in [0.1, 0.15) is 30.9 Å². The first kappa shape index (κ1) is 13.6. The van der Waals surface area contributed by atoms with Crippen molar-refractivity contribution in [1.82, 2.24) is 0 Å². The van der Waals surface area contributed by atoms with Gasteiger partial charge in [0.25, 0.3) is 0 Å². The average molecular weight is 268 g/mol. The SMILES string of the molecule is COc1ccc2c(c1)[C@@H](O)CC(CCCSC)O2. The van der Waals surface area contributed by atoms with E-state index in [-0.39, 0.29) is 6.10 Å². The zero-order valence-electron chi connectivity index (χ0n) is 10.9. The summed E-state index contributed by atoms with van der Waals surface area (Å²) in [6.07, 6.45) is 4.61. The molecule has 3 nitrogen and oxygen atoms in total. The lowest BCUT2D eigenvalue weighted by Crippen LogP contribution is -2.25. The van der Waals surface area contributed by atoms with E-state index in [1.807, 2.05) is 30.0 Å². The molecule has 0 saturated heterocycles. The Labute approximate surface area is 112 Å². The number of rotatable bonds is 5. The van der Waals surface area contributed by atoms with E-state index in [2.05, 4.69) is 6.26 Å². The van der Waals surface area contributed by atoms with Crippen LogP contribution in [-0.4, -0.2) is 30.3 Å². The monoisotopic (exact) mass is 268 g/mol. The van der Waals surface area contributed by atoms with E-state index in [1.54, 1.807) is 7.11 Å². The van der Waals surface area contributed by atoms with Crippen molar-refractivity contribution in [2.24, 2.45) is 0 Å².